The Bertz CT molecular complexity index is 831. The van der Waals surface area contributed by atoms with Gasteiger partial charge in [-0.1, -0.05) is 16.8 Å². The number of nitrogens with one attached hydrogen (secondary N) is 1. The molecule has 0 saturated carbocycles. The normalized spacial score (nSPS) is 12.5. The first kappa shape index (κ1) is 14.7. The summed E-state index contributed by atoms with van der Waals surface area (Å²) < 4.78 is 10.5. The van der Waals surface area contributed by atoms with E-state index >= 15 is 0 Å². The van der Waals surface area contributed by atoms with Crippen LogP contribution in [0.2, 0.25) is 0 Å². The summed E-state index contributed by atoms with van der Waals surface area (Å²) in [4.78, 5) is 12.5. The molecule has 22 heavy (non-hydrogen) atoms. The van der Waals surface area contributed by atoms with Crippen molar-refractivity contribution in [1.29, 1.82) is 0 Å². The van der Waals surface area contributed by atoms with Crippen molar-refractivity contribution in [1.82, 2.24) is 14.8 Å². The predicted octanol–water partition coefficient (Wildman–Crippen LogP) is 3.70. The lowest BCUT2D eigenvalue weighted by Crippen LogP contribution is -2.27. The molecule has 2 aromatic heterocycles. The molecular weight excluding hydrogens is 298 g/mol. The third-order valence-electron chi connectivity index (χ3n) is 3.71. The van der Waals surface area contributed by atoms with Gasteiger partial charge in [0.2, 0.25) is 0 Å². The van der Waals surface area contributed by atoms with Crippen LogP contribution in [0, 0.1) is 20.8 Å². The van der Waals surface area contributed by atoms with Gasteiger partial charge in [0.1, 0.15) is 11.5 Å². The van der Waals surface area contributed by atoms with Crippen molar-refractivity contribution in [2.45, 2.75) is 33.7 Å². The Hall–Kier alpha value is -2.21. The molecule has 114 valence electrons. The van der Waals surface area contributed by atoms with Crippen LogP contribution >= 0.6 is 11.5 Å². The Balaban J connectivity index is 1.89. The largest absolute Gasteiger partial charge is 0.361 e. The fourth-order valence-corrected chi connectivity index (χ4v) is 3.42. The molecule has 0 fully saturated rings. The molecule has 2 heterocycles. The minimum atomic E-state index is -0.180. The van der Waals surface area contributed by atoms with E-state index in [1.54, 1.807) is 0 Å². The van der Waals surface area contributed by atoms with Crippen LogP contribution in [0.1, 0.15) is 46.0 Å². The average Bonchev–Trinajstić information content (AvgIpc) is 3.02. The molecule has 1 atom stereocenters. The summed E-state index contributed by atoms with van der Waals surface area (Å²) in [5.74, 6) is 0.550. The molecule has 1 amide bonds. The van der Waals surface area contributed by atoms with E-state index in [2.05, 4.69) is 14.8 Å². The van der Waals surface area contributed by atoms with Crippen molar-refractivity contribution in [3.63, 3.8) is 0 Å². The van der Waals surface area contributed by atoms with Gasteiger partial charge in [0, 0.05) is 10.9 Å². The first-order valence-corrected chi connectivity index (χ1v) is 7.84. The maximum atomic E-state index is 12.5. The van der Waals surface area contributed by atoms with Crippen molar-refractivity contribution < 1.29 is 9.32 Å². The Morgan fingerprint density at radius 1 is 1.32 bits per heavy atom. The van der Waals surface area contributed by atoms with Gasteiger partial charge in [-0.25, -0.2) is 0 Å². The number of carbonyl (C=O) groups is 1. The van der Waals surface area contributed by atoms with Crippen LogP contribution < -0.4 is 5.32 Å². The summed E-state index contributed by atoms with van der Waals surface area (Å²) >= 11 is 1.34. The zero-order valence-corrected chi connectivity index (χ0v) is 13.7. The summed E-state index contributed by atoms with van der Waals surface area (Å²) in [6, 6.07) is 5.83. The summed E-state index contributed by atoms with van der Waals surface area (Å²) in [5.41, 5.74) is 3.30. The van der Waals surface area contributed by atoms with E-state index in [4.69, 9.17) is 4.52 Å². The van der Waals surface area contributed by atoms with E-state index in [-0.39, 0.29) is 11.9 Å². The zero-order chi connectivity index (χ0) is 15.9. The number of benzene rings is 1. The Morgan fingerprint density at radius 2 is 2.09 bits per heavy atom. The Morgan fingerprint density at radius 3 is 2.77 bits per heavy atom. The number of amides is 1. The third kappa shape index (κ3) is 2.50. The molecule has 0 aliphatic carbocycles. The number of aryl methyl sites for hydroxylation is 3. The van der Waals surface area contributed by atoms with Crippen LogP contribution in [0.25, 0.3) is 10.1 Å². The summed E-state index contributed by atoms with van der Waals surface area (Å²) in [6.45, 7) is 7.64. The number of aromatic nitrogens is 2. The van der Waals surface area contributed by atoms with Gasteiger partial charge in [0.05, 0.1) is 16.4 Å². The highest BCUT2D eigenvalue weighted by atomic mass is 32.1. The van der Waals surface area contributed by atoms with E-state index < -0.39 is 0 Å². The highest BCUT2D eigenvalue weighted by Gasteiger charge is 2.21. The number of hydrogen-bond acceptors (Lipinski definition) is 5. The van der Waals surface area contributed by atoms with Gasteiger partial charge in [-0.15, -0.1) is 0 Å². The highest BCUT2D eigenvalue weighted by Crippen LogP contribution is 2.25. The SMILES string of the molecule is Cc1ccc2snc(C(=O)NC(C)c3c(C)noc3C)c2c1. The van der Waals surface area contributed by atoms with E-state index in [9.17, 15) is 4.79 Å². The summed E-state index contributed by atoms with van der Waals surface area (Å²) in [5, 5.41) is 7.81. The molecule has 3 rings (SSSR count). The predicted molar refractivity (Wildman–Crippen MR) is 86.2 cm³/mol. The van der Waals surface area contributed by atoms with Gasteiger partial charge in [-0.05, 0) is 51.4 Å². The second-order valence-electron chi connectivity index (χ2n) is 5.46. The molecule has 3 aromatic rings. The first-order chi connectivity index (χ1) is 10.5. The van der Waals surface area contributed by atoms with Gasteiger partial charge in [-0.3, -0.25) is 4.79 Å². The highest BCUT2D eigenvalue weighted by molar-refractivity contribution is 7.13. The Labute approximate surface area is 132 Å². The first-order valence-electron chi connectivity index (χ1n) is 7.07. The lowest BCUT2D eigenvalue weighted by molar-refractivity contribution is 0.0937. The van der Waals surface area contributed by atoms with Gasteiger partial charge >= 0.3 is 0 Å². The summed E-state index contributed by atoms with van der Waals surface area (Å²) in [6.07, 6.45) is 0. The van der Waals surface area contributed by atoms with Gasteiger partial charge in [0.15, 0.2) is 0 Å². The molecule has 0 bridgehead atoms. The quantitative estimate of drug-likeness (QED) is 0.800. The van der Waals surface area contributed by atoms with Crippen molar-refractivity contribution in [3.8, 4) is 0 Å². The van der Waals surface area contributed by atoms with Gasteiger partial charge < -0.3 is 9.84 Å². The molecule has 0 aliphatic rings. The van der Waals surface area contributed by atoms with Crippen molar-refractivity contribution in [2.75, 3.05) is 0 Å². The van der Waals surface area contributed by atoms with Crippen LogP contribution in [0.4, 0.5) is 0 Å². The monoisotopic (exact) mass is 315 g/mol. The molecule has 1 N–H and O–H groups in total. The Kier molecular flexibility index (Phi) is 3.70. The minimum absolute atomic E-state index is 0.177. The van der Waals surface area contributed by atoms with Crippen molar-refractivity contribution >= 4 is 27.5 Å². The second-order valence-corrected chi connectivity index (χ2v) is 6.27. The van der Waals surface area contributed by atoms with E-state index in [0.717, 1.165) is 32.7 Å². The fourth-order valence-electron chi connectivity index (χ4n) is 2.66. The summed E-state index contributed by atoms with van der Waals surface area (Å²) in [7, 11) is 0. The van der Waals surface area contributed by atoms with Crippen LogP contribution in [0.5, 0.6) is 0 Å². The second kappa shape index (κ2) is 5.53. The number of nitrogens with zero attached hydrogens (tertiary/aromatic N) is 2. The van der Waals surface area contributed by atoms with Crippen molar-refractivity contribution in [3.05, 3.63) is 46.5 Å². The number of rotatable bonds is 3. The van der Waals surface area contributed by atoms with Gasteiger partial charge in [-0.2, -0.15) is 4.37 Å². The van der Waals surface area contributed by atoms with Crippen LogP contribution in [-0.4, -0.2) is 15.4 Å². The lowest BCUT2D eigenvalue weighted by atomic mass is 10.1. The molecule has 0 saturated heterocycles. The van der Waals surface area contributed by atoms with E-state index in [0.29, 0.717) is 5.69 Å². The van der Waals surface area contributed by atoms with Gasteiger partial charge in [0.25, 0.3) is 5.91 Å². The smallest absolute Gasteiger partial charge is 0.272 e. The molecule has 0 radical (unpaired) electrons. The molecule has 1 aromatic carbocycles. The van der Waals surface area contributed by atoms with Crippen molar-refractivity contribution in [2.24, 2.45) is 0 Å². The molecule has 1 unspecified atom stereocenters. The number of fused-ring (bicyclic) bond motifs is 1. The van der Waals surface area contributed by atoms with Crippen LogP contribution in [-0.2, 0) is 0 Å². The minimum Gasteiger partial charge on any atom is -0.361 e. The fraction of sp³-hybridized carbons (Fsp3) is 0.312. The average molecular weight is 315 g/mol. The molecule has 0 spiro atoms. The number of hydrogen-bond donors (Lipinski definition) is 1. The molecule has 6 heteroatoms. The maximum Gasteiger partial charge on any atom is 0.272 e. The zero-order valence-electron chi connectivity index (χ0n) is 12.9. The third-order valence-corrected chi connectivity index (χ3v) is 4.54. The molecular formula is C16H17N3O2S. The molecule has 0 aliphatic heterocycles. The van der Waals surface area contributed by atoms with E-state index in [1.165, 1.54) is 11.5 Å². The topological polar surface area (TPSA) is 68.0 Å². The van der Waals surface area contributed by atoms with Crippen LogP contribution in [0.3, 0.4) is 0 Å². The maximum absolute atomic E-state index is 12.5. The standard InChI is InChI=1S/C16H17N3O2S/c1-8-5-6-13-12(7-8)15(19-22-13)16(20)17-9(2)14-10(3)18-21-11(14)4/h5-7,9H,1-4H3,(H,17,20). The van der Waals surface area contributed by atoms with Crippen LogP contribution in [0.15, 0.2) is 22.7 Å². The van der Waals surface area contributed by atoms with E-state index in [1.807, 2.05) is 45.9 Å². The lowest BCUT2D eigenvalue weighted by Gasteiger charge is -2.12. The number of carbonyl (C=O) groups excluding carboxylic acids is 1. The molecule has 5 nitrogen and oxygen atoms in total.